The molecule has 0 aromatic rings. The standard InChI is InChI=1S/C11H18N4O3/c1-7(17)15-4-2-3-11(15)6-14(10(11)13)8(5-16)9(12)18/h8,13,16H,2-6H2,1H3,(H2,12,18)/t8-,11?/m0/s1. The molecule has 2 fully saturated rings. The molecule has 2 amide bonds. The molecule has 0 aromatic carbocycles. The average molecular weight is 254 g/mol. The molecule has 2 rings (SSSR count). The molecule has 1 unspecified atom stereocenters. The molecule has 2 saturated heterocycles. The van der Waals surface area contributed by atoms with Crippen molar-refractivity contribution in [2.75, 3.05) is 19.7 Å². The smallest absolute Gasteiger partial charge is 0.242 e. The zero-order valence-corrected chi connectivity index (χ0v) is 10.3. The number of carbonyl (C=O) groups is 2. The molecule has 2 atom stereocenters. The minimum atomic E-state index is -0.863. The summed E-state index contributed by atoms with van der Waals surface area (Å²) in [5, 5.41) is 17.2. The Morgan fingerprint density at radius 3 is 2.72 bits per heavy atom. The molecule has 1 spiro atoms. The van der Waals surface area contributed by atoms with Gasteiger partial charge in [0.15, 0.2) is 0 Å². The lowest BCUT2D eigenvalue weighted by Crippen LogP contribution is -2.75. The van der Waals surface area contributed by atoms with Crippen molar-refractivity contribution in [1.29, 1.82) is 5.41 Å². The Kier molecular flexibility index (Phi) is 3.02. The molecule has 0 bridgehead atoms. The summed E-state index contributed by atoms with van der Waals surface area (Å²) in [5.74, 6) is -0.492. The maximum atomic E-state index is 11.5. The SMILES string of the molecule is CC(=O)N1CCCC12CN([C@@H](CO)C(N)=O)C2=N. The summed E-state index contributed by atoms with van der Waals surface area (Å²) in [7, 11) is 0. The van der Waals surface area contributed by atoms with Gasteiger partial charge in [0.2, 0.25) is 11.8 Å². The number of likely N-dealkylation sites (tertiary alicyclic amines) is 2. The van der Waals surface area contributed by atoms with E-state index in [0.29, 0.717) is 13.1 Å². The Balaban J connectivity index is 2.16. The number of carbonyl (C=O) groups excluding carboxylic acids is 2. The number of nitrogens with one attached hydrogen (secondary N) is 1. The minimum Gasteiger partial charge on any atom is -0.394 e. The maximum Gasteiger partial charge on any atom is 0.242 e. The minimum absolute atomic E-state index is 0.0588. The van der Waals surface area contributed by atoms with E-state index in [1.54, 1.807) is 4.90 Å². The van der Waals surface area contributed by atoms with Gasteiger partial charge in [0.25, 0.3) is 0 Å². The lowest BCUT2D eigenvalue weighted by atomic mass is 9.83. The molecule has 2 heterocycles. The van der Waals surface area contributed by atoms with E-state index in [-0.39, 0.29) is 11.7 Å². The van der Waals surface area contributed by atoms with Gasteiger partial charge in [0, 0.05) is 13.5 Å². The van der Waals surface area contributed by atoms with E-state index in [1.807, 2.05) is 0 Å². The molecule has 2 aliphatic heterocycles. The van der Waals surface area contributed by atoms with Crippen LogP contribution in [0.3, 0.4) is 0 Å². The summed E-state index contributed by atoms with van der Waals surface area (Å²) < 4.78 is 0. The molecule has 0 saturated carbocycles. The normalized spacial score (nSPS) is 28.4. The highest BCUT2D eigenvalue weighted by Crippen LogP contribution is 2.40. The van der Waals surface area contributed by atoms with Crippen molar-refractivity contribution >= 4 is 17.6 Å². The summed E-state index contributed by atoms with van der Waals surface area (Å²) in [6, 6.07) is -0.863. The number of nitrogens with two attached hydrogens (primary N) is 1. The highest BCUT2D eigenvalue weighted by molar-refractivity contribution is 6.01. The second kappa shape index (κ2) is 4.24. The van der Waals surface area contributed by atoms with Crippen LogP contribution in [0.5, 0.6) is 0 Å². The molecule has 0 aliphatic carbocycles. The van der Waals surface area contributed by atoms with Crippen LogP contribution in [0.25, 0.3) is 0 Å². The van der Waals surface area contributed by atoms with E-state index in [0.717, 1.165) is 12.8 Å². The third kappa shape index (κ3) is 1.58. The summed E-state index contributed by atoms with van der Waals surface area (Å²) in [4.78, 5) is 25.9. The Morgan fingerprint density at radius 2 is 2.28 bits per heavy atom. The first-order valence-electron chi connectivity index (χ1n) is 5.98. The Morgan fingerprint density at radius 1 is 1.61 bits per heavy atom. The van der Waals surface area contributed by atoms with Gasteiger partial charge in [0.1, 0.15) is 17.4 Å². The number of amides is 2. The number of amidine groups is 1. The first-order chi connectivity index (χ1) is 8.44. The number of nitrogens with zero attached hydrogens (tertiary/aromatic N) is 2. The fourth-order valence-corrected chi connectivity index (χ4v) is 2.97. The first-order valence-corrected chi connectivity index (χ1v) is 5.98. The van der Waals surface area contributed by atoms with E-state index in [1.165, 1.54) is 11.8 Å². The van der Waals surface area contributed by atoms with Gasteiger partial charge in [-0.1, -0.05) is 0 Å². The van der Waals surface area contributed by atoms with E-state index in [4.69, 9.17) is 16.2 Å². The second-order valence-corrected chi connectivity index (χ2v) is 4.88. The van der Waals surface area contributed by atoms with Gasteiger partial charge in [0.05, 0.1) is 13.2 Å². The third-order valence-corrected chi connectivity index (χ3v) is 3.91. The van der Waals surface area contributed by atoms with E-state index >= 15 is 0 Å². The van der Waals surface area contributed by atoms with Gasteiger partial charge in [-0.15, -0.1) is 0 Å². The fourth-order valence-electron chi connectivity index (χ4n) is 2.97. The number of rotatable bonds is 3. The average Bonchev–Trinajstić information content (AvgIpc) is 2.75. The monoisotopic (exact) mass is 254 g/mol. The predicted molar refractivity (Wildman–Crippen MR) is 63.9 cm³/mol. The van der Waals surface area contributed by atoms with Gasteiger partial charge in [-0.2, -0.15) is 0 Å². The molecule has 7 heteroatoms. The second-order valence-electron chi connectivity index (χ2n) is 4.88. The van der Waals surface area contributed by atoms with Gasteiger partial charge in [-0.05, 0) is 12.8 Å². The van der Waals surface area contributed by atoms with Crippen LogP contribution in [0.1, 0.15) is 19.8 Å². The van der Waals surface area contributed by atoms with Gasteiger partial charge in [-0.25, -0.2) is 0 Å². The van der Waals surface area contributed by atoms with Crippen LogP contribution in [0, 0.1) is 5.41 Å². The van der Waals surface area contributed by atoms with E-state index in [9.17, 15) is 9.59 Å². The van der Waals surface area contributed by atoms with Crippen LogP contribution in [0.15, 0.2) is 0 Å². The lowest BCUT2D eigenvalue weighted by Gasteiger charge is -2.55. The Bertz CT molecular complexity index is 411. The molecular weight excluding hydrogens is 236 g/mol. The van der Waals surface area contributed by atoms with Crippen molar-refractivity contribution in [3.05, 3.63) is 0 Å². The zero-order valence-electron chi connectivity index (χ0n) is 10.3. The van der Waals surface area contributed by atoms with Crippen molar-refractivity contribution in [1.82, 2.24) is 9.80 Å². The highest BCUT2D eigenvalue weighted by atomic mass is 16.3. The lowest BCUT2D eigenvalue weighted by molar-refractivity contribution is -0.134. The van der Waals surface area contributed by atoms with Crippen LogP contribution < -0.4 is 5.73 Å². The molecule has 0 radical (unpaired) electrons. The molecule has 18 heavy (non-hydrogen) atoms. The van der Waals surface area contributed by atoms with Crippen molar-refractivity contribution in [3.8, 4) is 0 Å². The Hall–Kier alpha value is -1.63. The number of aliphatic hydroxyl groups excluding tert-OH is 1. The van der Waals surface area contributed by atoms with Crippen LogP contribution in [-0.4, -0.2) is 63.8 Å². The van der Waals surface area contributed by atoms with Gasteiger partial charge in [-0.3, -0.25) is 15.0 Å². The predicted octanol–water partition coefficient (Wildman–Crippen LogP) is -1.49. The molecule has 100 valence electrons. The number of hydrogen-bond donors (Lipinski definition) is 3. The number of aliphatic hydroxyl groups is 1. The molecule has 2 aliphatic rings. The number of primary amides is 1. The van der Waals surface area contributed by atoms with Crippen LogP contribution in [-0.2, 0) is 9.59 Å². The van der Waals surface area contributed by atoms with Crippen LogP contribution in [0.2, 0.25) is 0 Å². The van der Waals surface area contributed by atoms with Gasteiger partial charge >= 0.3 is 0 Å². The molecule has 4 N–H and O–H groups in total. The van der Waals surface area contributed by atoms with Crippen LogP contribution >= 0.6 is 0 Å². The largest absolute Gasteiger partial charge is 0.394 e. The van der Waals surface area contributed by atoms with E-state index < -0.39 is 24.1 Å². The zero-order chi connectivity index (χ0) is 13.5. The van der Waals surface area contributed by atoms with Crippen molar-refractivity contribution in [2.45, 2.75) is 31.3 Å². The summed E-state index contributed by atoms with van der Waals surface area (Å²) >= 11 is 0. The fraction of sp³-hybridized carbons (Fsp3) is 0.727. The van der Waals surface area contributed by atoms with Crippen molar-refractivity contribution in [3.63, 3.8) is 0 Å². The summed E-state index contributed by atoms with van der Waals surface area (Å²) in [5.41, 5.74) is 4.61. The van der Waals surface area contributed by atoms with E-state index in [2.05, 4.69) is 0 Å². The summed E-state index contributed by atoms with van der Waals surface area (Å²) in [6.45, 7) is 2.12. The summed E-state index contributed by atoms with van der Waals surface area (Å²) in [6.07, 6.45) is 1.59. The Labute approximate surface area is 105 Å². The molecule has 7 nitrogen and oxygen atoms in total. The van der Waals surface area contributed by atoms with Gasteiger partial charge < -0.3 is 20.6 Å². The third-order valence-electron chi connectivity index (χ3n) is 3.91. The first kappa shape index (κ1) is 12.8. The van der Waals surface area contributed by atoms with Crippen LogP contribution in [0.4, 0.5) is 0 Å². The van der Waals surface area contributed by atoms with Crippen molar-refractivity contribution in [2.24, 2.45) is 5.73 Å². The van der Waals surface area contributed by atoms with Crippen molar-refractivity contribution < 1.29 is 14.7 Å². The highest BCUT2D eigenvalue weighted by Gasteiger charge is 2.58. The topological polar surface area (TPSA) is 111 Å². The number of hydrogen-bond acceptors (Lipinski definition) is 4. The molecular formula is C11H18N4O3. The maximum absolute atomic E-state index is 11.5. The quantitative estimate of drug-likeness (QED) is 0.569. The molecule has 0 aromatic heterocycles.